The van der Waals surface area contributed by atoms with Crippen molar-refractivity contribution in [3.05, 3.63) is 0 Å². The lowest BCUT2D eigenvalue weighted by atomic mass is 10.5. The van der Waals surface area contributed by atoms with Crippen LogP contribution in [0.1, 0.15) is 12.8 Å². The van der Waals surface area contributed by atoms with Crippen molar-refractivity contribution in [2.45, 2.75) is 19.3 Å². The van der Waals surface area contributed by atoms with E-state index in [2.05, 4.69) is 0 Å². The first-order valence-electron chi connectivity index (χ1n) is 2.09. The molecule has 0 aliphatic heterocycles. The van der Waals surface area contributed by atoms with Crippen LogP contribution in [0.2, 0.25) is 0 Å². The quantitative estimate of drug-likeness (QED) is 0.604. The summed E-state index contributed by atoms with van der Waals surface area (Å²) in [5.74, 6) is -0.231. The number of hydrogen-bond acceptors (Lipinski definition) is 1. The summed E-state index contributed by atoms with van der Waals surface area (Å²) in [6.07, 6.45) is -0.542. The van der Waals surface area contributed by atoms with Gasteiger partial charge in [-0.3, -0.25) is 0 Å². The molecule has 0 bridgehead atoms. The summed E-state index contributed by atoms with van der Waals surface area (Å²) in [6.45, 7) is 0. The third-order valence-electron chi connectivity index (χ3n) is 0.978. The molecular formula is C4H10ClF2N. The maximum absolute atomic E-state index is 11.2. The Hall–Kier alpha value is 0.110. The summed E-state index contributed by atoms with van der Waals surface area (Å²) in [7, 11) is 0. The van der Waals surface area contributed by atoms with Crippen molar-refractivity contribution in [3.8, 4) is 0 Å². The summed E-state index contributed by atoms with van der Waals surface area (Å²) in [5.41, 5.74) is 0. The molecule has 8 heavy (non-hydrogen) atoms. The zero-order valence-electron chi connectivity index (χ0n) is 4.44. The predicted molar refractivity (Wildman–Crippen MR) is 31.0 cm³/mol. The van der Waals surface area contributed by atoms with E-state index in [0.29, 0.717) is 0 Å². The van der Waals surface area contributed by atoms with Crippen LogP contribution in [0.25, 0.3) is 0 Å². The first kappa shape index (κ1) is 11.0. The molecule has 0 amide bonds. The Morgan fingerprint density at radius 2 is 1.62 bits per heavy atom. The van der Waals surface area contributed by atoms with Gasteiger partial charge in [0.1, 0.15) is 0 Å². The van der Waals surface area contributed by atoms with Crippen LogP contribution in [0.15, 0.2) is 0 Å². The average Bonchev–Trinajstić information content (AvgIpc) is 2.06. The number of rotatable bonds is 1. The Bertz CT molecular complexity index is 56.0. The zero-order valence-corrected chi connectivity index (χ0v) is 5.26. The van der Waals surface area contributed by atoms with Gasteiger partial charge in [0.15, 0.2) is 0 Å². The average molecular weight is 146 g/mol. The van der Waals surface area contributed by atoms with Gasteiger partial charge in [0.05, 0.1) is 0 Å². The summed E-state index contributed by atoms with van der Waals surface area (Å²) in [6, 6.07) is 0. The van der Waals surface area contributed by atoms with Crippen molar-refractivity contribution in [2.24, 2.45) is 5.92 Å². The molecule has 1 aliphatic rings. The maximum atomic E-state index is 11.2. The highest BCUT2D eigenvalue weighted by molar-refractivity contribution is 5.85. The van der Waals surface area contributed by atoms with Crippen LogP contribution in [0.5, 0.6) is 0 Å². The van der Waals surface area contributed by atoms with Crippen LogP contribution in [0, 0.1) is 5.92 Å². The minimum absolute atomic E-state index is 0. The molecule has 1 fully saturated rings. The molecule has 0 unspecified atom stereocenters. The largest absolute Gasteiger partial charge is 0.344 e. The van der Waals surface area contributed by atoms with Gasteiger partial charge < -0.3 is 6.15 Å². The van der Waals surface area contributed by atoms with E-state index in [9.17, 15) is 8.78 Å². The van der Waals surface area contributed by atoms with Crippen molar-refractivity contribution in [3.63, 3.8) is 0 Å². The molecule has 0 aromatic carbocycles. The maximum Gasteiger partial charge on any atom is 0.241 e. The highest BCUT2D eigenvalue weighted by Crippen LogP contribution is 2.34. The first-order chi connectivity index (χ1) is 2.80. The SMILES string of the molecule is Cl.FC(F)C1CC1.N. The summed E-state index contributed by atoms with van der Waals surface area (Å²) < 4.78 is 22.4. The molecule has 0 aromatic rings. The third-order valence-corrected chi connectivity index (χ3v) is 0.978. The van der Waals surface area contributed by atoms with Crippen molar-refractivity contribution >= 4 is 12.4 Å². The van der Waals surface area contributed by atoms with E-state index in [1.807, 2.05) is 0 Å². The van der Waals surface area contributed by atoms with Gasteiger partial charge in [0.25, 0.3) is 0 Å². The standard InChI is InChI=1S/C4H6F2.ClH.H3N/c5-4(6)3-1-2-3;;/h3-4H,1-2H2;1H;1H3. The molecule has 1 nitrogen and oxygen atoms in total. The van der Waals surface area contributed by atoms with E-state index in [-0.39, 0.29) is 24.5 Å². The van der Waals surface area contributed by atoms with Gasteiger partial charge in [-0.15, -0.1) is 12.4 Å². The van der Waals surface area contributed by atoms with E-state index >= 15 is 0 Å². The highest BCUT2D eigenvalue weighted by Gasteiger charge is 2.30. The molecule has 0 atom stereocenters. The van der Waals surface area contributed by atoms with Crippen LogP contribution in [0.4, 0.5) is 8.78 Å². The molecule has 0 heterocycles. The molecule has 0 aromatic heterocycles. The van der Waals surface area contributed by atoms with Gasteiger partial charge in [0, 0.05) is 5.92 Å². The predicted octanol–water partition coefficient (Wildman–Crippen LogP) is 2.25. The van der Waals surface area contributed by atoms with Crippen LogP contribution in [0.3, 0.4) is 0 Å². The number of alkyl halides is 2. The summed E-state index contributed by atoms with van der Waals surface area (Å²) >= 11 is 0. The van der Waals surface area contributed by atoms with Gasteiger partial charge >= 0.3 is 0 Å². The van der Waals surface area contributed by atoms with Crippen molar-refractivity contribution in [1.29, 1.82) is 0 Å². The lowest BCUT2D eigenvalue weighted by Gasteiger charge is -1.85. The molecule has 0 saturated heterocycles. The highest BCUT2D eigenvalue weighted by atomic mass is 35.5. The third kappa shape index (κ3) is 3.16. The van der Waals surface area contributed by atoms with E-state index in [4.69, 9.17) is 0 Å². The zero-order chi connectivity index (χ0) is 4.57. The number of halogens is 3. The number of hydrogen-bond donors (Lipinski definition) is 1. The Morgan fingerprint density at radius 3 is 1.62 bits per heavy atom. The molecule has 1 saturated carbocycles. The molecule has 52 valence electrons. The van der Waals surface area contributed by atoms with E-state index in [1.165, 1.54) is 0 Å². The molecule has 0 radical (unpaired) electrons. The topological polar surface area (TPSA) is 35.0 Å². The van der Waals surface area contributed by atoms with Gasteiger partial charge in [-0.1, -0.05) is 0 Å². The van der Waals surface area contributed by atoms with Crippen molar-refractivity contribution in [1.82, 2.24) is 6.15 Å². The van der Waals surface area contributed by atoms with Crippen LogP contribution < -0.4 is 6.15 Å². The van der Waals surface area contributed by atoms with Gasteiger partial charge in [0.2, 0.25) is 6.43 Å². The minimum Gasteiger partial charge on any atom is -0.344 e. The molecule has 4 heteroatoms. The molecular weight excluding hydrogens is 136 g/mol. The fraction of sp³-hybridized carbons (Fsp3) is 1.00. The summed E-state index contributed by atoms with van der Waals surface area (Å²) in [5, 5.41) is 0. The Kier molecular flexibility index (Phi) is 5.54. The molecule has 1 aliphatic carbocycles. The van der Waals surface area contributed by atoms with E-state index in [0.717, 1.165) is 12.8 Å². The normalized spacial score (nSPS) is 16.9. The lowest BCUT2D eigenvalue weighted by molar-refractivity contribution is 0.123. The van der Waals surface area contributed by atoms with Crippen LogP contribution in [-0.4, -0.2) is 6.43 Å². The van der Waals surface area contributed by atoms with Gasteiger partial charge in [-0.2, -0.15) is 0 Å². The fourth-order valence-corrected chi connectivity index (χ4v) is 0.348. The second-order valence-electron chi connectivity index (χ2n) is 1.67. The molecule has 3 N–H and O–H groups in total. The fourth-order valence-electron chi connectivity index (χ4n) is 0.348. The first-order valence-corrected chi connectivity index (χ1v) is 2.09. The minimum atomic E-state index is -2.04. The Balaban J connectivity index is 0. The second kappa shape index (κ2) is 4.04. The van der Waals surface area contributed by atoms with Crippen molar-refractivity contribution < 1.29 is 8.78 Å². The monoisotopic (exact) mass is 145 g/mol. The van der Waals surface area contributed by atoms with E-state index < -0.39 is 6.43 Å². The van der Waals surface area contributed by atoms with Gasteiger partial charge in [-0.25, -0.2) is 8.78 Å². The van der Waals surface area contributed by atoms with Crippen LogP contribution >= 0.6 is 12.4 Å². The van der Waals surface area contributed by atoms with Crippen LogP contribution in [-0.2, 0) is 0 Å². The molecule has 1 rings (SSSR count). The van der Waals surface area contributed by atoms with Gasteiger partial charge in [-0.05, 0) is 12.8 Å². The van der Waals surface area contributed by atoms with Crippen molar-refractivity contribution in [2.75, 3.05) is 0 Å². The van der Waals surface area contributed by atoms with E-state index in [1.54, 1.807) is 0 Å². The smallest absolute Gasteiger partial charge is 0.241 e. The summed E-state index contributed by atoms with van der Waals surface area (Å²) in [4.78, 5) is 0. The second-order valence-corrected chi connectivity index (χ2v) is 1.67. The lowest BCUT2D eigenvalue weighted by Crippen LogP contribution is -1.89. The molecule has 0 spiro atoms. The Morgan fingerprint density at radius 1 is 1.25 bits per heavy atom. The Labute approximate surface area is 53.4 Å².